The minimum Gasteiger partial charge on any atom is -0.491 e. The van der Waals surface area contributed by atoms with E-state index >= 15 is 0 Å². The number of nitrogen functional groups attached to an aromatic ring is 1. The van der Waals surface area contributed by atoms with E-state index in [1.54, 1.807) is 24.0 Å². The zero-order valence-electron chi connectivity index (χ0n) is 16.2. The van der Waals surface area contributed by atoms with E-state index in [0.29, 0.717) is 16.7 Å². The van der Waals surface area contributed by atoms with Crippen molar-refractivity contribution < 1.29 is 4.74 Å². The van der Waals surface area contributed by atoms with Crippen molar-refractivity contribution in [2.75, 3.05) is 12.0 Å². The third-order valence-electron chi connectivity index (χ3n) is 2.42. The standard InChI is InChI=1S/C14H18N4OS2.2C2H6/c1-9(2)19-11-4-5-16-10(6-11)8-21-14-17-12(15)7-13(18-14)20-3;2*1-2/h4-7,9H,8H2,1-3H3,(H2,15,17,18);2*1-2H3. The van der Waals surface area contributed by atoms with Crippen LogP contribution in [0.2, 0.25) is 0 Å². The van der Waals surface area contributed by atoms with E-state index < -0.39 is 0 Å². The van der Waals surface area contributed by atoms with Gasteiger partial charge in [-0.1, -0.05) is 39.5 Å². The van der Waals surface area contributed by atoms with Crippen LogP contribution in [-0.2, 0) is 5.75 Å². The SMILES string of the molecule is CC.CC.CSc1cc(N)nc(SCc2cc(OC(C)C)ccn2)n1. The monoisotopic (exact) mass is 382 g/mol. The van der Waals surface area contributed by atoms with Gasteiger partial charge in [0.1, 0.15) is 16.6 Å². The van der Waals surface area contributed by atoms with Gasteiger partial charge in [-0.2, -0.15) is 0 Å². The first kappa shape index (κ1) is 23.5. The van der Waals surface area contributed by atoms with E-state index in [1.807, 2.05) is 59.9 Å². The van der Waals surface area contributed by atoms with Crippen molar-refractivity contribution in [3.8, 4) is 5.75 Å². The fourth-order valence-corrected chi connectivity index (χ4v) is 2.85. The maximum absolute atomic E-state index is 5.77. The molecular weight excluding hydrogens is 352 g/mol. The second-order valence-electron chi connectivity index (χ2n) is 4.56. The highest BCUT2D eigenvalue weighted by Crippen LogP contribution is 2.24. The van der Waals surface area contributed by atoms with Gasteiger partial charge in [0.15, 0.2) is 5.16 Å². The molecule has 0 fully saturated rings. The maximum atomic E-state index is 5.77. The molecule has 5 nitrogen and oxygen atoms in total. The fourth-order valence-electron chi connectivity index (χ4n) is 1.61. The minimum absolute atomic E-state index is 0.147. The smallest absolute Gasteiger partial charge is 0.190 e. The van der Waals surface area contributed by atoms with Crippen LogP contribution in [0.5, 0.6) is 5.75 Å². The summed E-state index contributed by atoms with van der Waals surface area (Å²) in [5.74, 6) is 1.99. The summed E-state index contributed by atoms with van der Waals surface area (Å²) in [6.45, 7) is 12.0. The van der Waals surface area contributed by atoms with E-state index in [-0.39, 0.29) is 6.10 Å². The quantitative estimate of drug-likeness (QED) is 0.412. The van der Waals surface area contributed by atoms with E-state index in [0.717, 1.165) is 16.5 Å². The number of nitrogens with zero attached hydrogens (tertiary/aromatic N) is 3. The molecule has 0 aliphatic heterocycles. The average molecular weight is 383 g/mol. The predicted molar refractivity (Wildman–Crippen MR) is 110 cm³/mol. The molecule has 0 radical (unpaired) electrons. The van der Waals surface area contributed by atoms with Gasteiger partial charge in [-0.05, 0) is 26.2 Å². The van der Waals surface area contributed by atoms with Crippen LogP contribution in [0.25, 0.3) is 0 Å². The van der Waals surface area contributed by atoms with E-state index in [9.17, 15) is 0 Å². The Morgan fingerprint density at radius 1 is 1.12 bits per heavy atom. The molecule has 0 atom stereocenters. The highest BCUT2D eigenvalue weighted by molar-refractivity contribution is 7.99. The molecule has 2 rings (SSSR count). The second-order valence-corrected chi connectivity index (χ2v) is 6.32. The summed E-state index contributed by atoms with van der Waals surface area (Å²) >= 11 is 3.06. The molecule has 25 heavy (non-hydrogen) atoms. The molecule has 0 bridgehead atoms. The molecule has 2 heterocycles. The van der Waals surface area contributed by atoms with Gasteiger partial charge >= 0.3 is 0 Å². The maximum Gasteiger partial charge on any atom is 0.190 e. The Morgan fingerprint density at radius 3 is 2.40 bits per heavy atom. The summed E-state index contributed by atoms with van der Waals surface area (Å²) in [5.41, 5.74) is 6.70. The molecule has 0 aliphatic rings. The van der Waals surface area contributed by atoms with Crippen LogP contribution in [0.3, 0.4) is 0 Å². The zero-order chi connectivity index (χ0) is 19.2. The Hall–Kier alpha value is -1.47. The number of anilines is 1. The summed E-state index contributed by atoms with van der Waals surface area (Å²) in [6, 6.07) is 5.57. The number of pyridine rings is 1. The lowest BCUT2D eigenvalue weighted by Gasteiger charge is -2.10. The lowest BCUT2D eigenvalue weighted by molar-refractivity contribution is 0.242. The van der Waals surface area contributed by atoms with Crippen LogP contribution in [0, 0.1) is 0 Å². The number of nitrogens with two attached hydrogens (primary N) is 1. The first-order valence-corrected chi connectivity index (χ1v) is 10.7. The van der Waals surface area contributed by atoms with Gasteiger partial charge in [-0.25, -0.2) is 9.97 Å². The first-order valence-electron chi connectivity index (χ1n) is 8.49. The largest absolute Gasteiger partial charge is 0.491 e. The van der Waals surface area contributed by atoms with Gasteiger partial charge in [0.05, 0.1) is 11.8 Å². The number of rotatable bonds is 6. The molecule has 2 aromatic rings. The topological polar surface area (TPSA) is 73.9 Å². The van der Waals surface area contributed by atoms with Gasteiger partial charge in [0.2, 0.25) is 0 Å². The highest BCUT2D eigenvalue weighted by Gasteiger charge is 2.06. The highest BCUT2D eigenvalue weighted by atomic mass is 32.2. The van der Waals surface area contributed by atoms with Crippen LogP contribution < -0.4 is 10.5 Å². The van der Waals surface area contributed by atoms with Crippen LogP contribution in [0.1, 0.15) is 47.2 Å². The zero-order valence-corrected chi connectivity index (χ0v) is 17.9. The van der Waals surface area contributed by atoms with E-state index in [1.165, 1.54) is 11.8 Å². The molecule has 0 unspecified atom stereocenters. The van der Waals surface area contributed by atoms with Gasteiger partial charge in [0.25, 0.3) is 0 Å². The van der Waals surface area contributed by atoms with Crippen molar-refractivity contribution in [1.82, 2.24) is 15.0 Å². The van der Waals surface area contributed by atoms with Gasteiger partial charge in [-0.15, -0.1) is 11.8 Å². The Kier molecular flexibility index (Phi) is 13.0. The molecule has 0 aliphatic carbocycles. The van der Waals surface area contributed by atoms with E-state index in [2.05, 4.69) is 15.0 Å². The third kappa shape index (κ3) is 9.55. The number of ether oxygens (including phenoxy) is 1. The summed E-state index contributed by atoms with van der Waals surface area (Å²) in [4.78, 5) is 13.0. The fraction of sp³-hybridized carbons (Fsp3) is 0.500. The molecule has 0 saturated heterocycles. The molecule has 7 heteroatoms. The average Bonchev–Trinajstić information content (AvgIpc) is 2.62. The number of hydrogen-bond donors (Lipinski definition) is 1. The minimum atomic E-state index is 0.147. The van der Waals surface area contributed by atoms with Gasteiger partial charge in [-0.3, -0.25) is 4.98 Å². The van der Waals surface area contributed by atoms with Crippen LogP contribution >= 0.6 is 23.5 Å². The Bertz CT molecular complexity index is 609. The van der Waals surface area contributed by atoms with E-state index in [4.69, 9.17) is 10.5 Å². The van der Waals surface area contributed by atoms with Gasteiger partial charge < -0.3 is 10.5 Å². The van der Waals surface area contributed by atoms with Crippen molar-refractivity contribution in [3.05, 3.63) is 30.1 Å². The number of thioether (sulfide) groups is 2. The Labute approximate surface area is 160 Å². The molecule has 0 saturated carbocycles. The number of hydrogen-bond acceptors (Lipinski definition) is 7. The second kappa shape index (κ2) is 13.8. The predicted octanol–water partition coefficient (Wildman–Crippen LogP) is 5.31. The lowest BCUT2D eigenvalue weighted by Crippen LogP contribution is -2.06. The molecule has 2 aromatic heterocycles. The van der Waals surface area contributed by atoms with Crippen molar-refractivity contribution in [3.63, 3.8) is 0 Å². The van der Waals surface area contributed by atoms with Crippen molar-refractivity contribution in [2.45, 2.75) is 63.6 Å². The molecule has 140 valence electrons. The van der Waals surface area contributed by atoms with Crippen LogP contribution in [-0.4, -0.2) is 27.3 Å². The van der Waals surface area contributed by atoms with Crippen molar-refractivity contribution in [1.29, 1.82) is 0 Å². The normalized spacial score (nSPS) is 9.60. The Balaban J connectivity index is 0.00000134. The van der Waals surface area contributed by atoms with Crippen molar-refractivity contribution in [2.24, 2.45) is 0 Å². The molecule has 2 N–H and O–H groups in total. The van der Waals surface area contributed by atoms with Crippen LogP contribution in [0.4, 0.5) is 5.82 Å². The third-order valence-corrected chi connectivity index (χ3v) is 3.93. The molecule has 0 amide bonds. The van der Waals surface area contributed by atoms with Crippen molar-refractivity contribution >= 4 is 29.3 Å². The lowest BCUT2D eigenvalue weighted by atomic mass is 10.3. The summed E-state index contributed by atoms with van der Waals surface area (Å²) in [7, 11) is 0. The molecular formula is C18H30N4OS2. The molecule has 0 spiro atoms. The summed E-state index contributed by atoms with van der Waals surface area (Å²) < 4.78 is 5.66. The summed E-state index contributed by atoms with van der Waals surface area (Å²) in [6.07, 6.45) is 3.86. The number of aromatic nitrogens is 3. The summed E-state index contributed by atoms with van der Waals surface area (Å²) in [5, 5.41) is 1.53. The molecule has 0 aromatic carbocycles. The first-order chi connectivity index (χ1) is 12.1. The van der Waals surface area contributed by atoms with Crippen LogP contribution in [0.15, 0.2) is 34.6 Å². The van der Waals surface area contributed by atoms with Gasteiger partial charge in [0, 0.05) is 24.1 Å². The Morgan fingerprint density at radius 2 is 1.80 bits per heavy atom.